The van der Waals surface area contributed by atoms with Crippen LogP contribution in [-0.2, 0) is 0 Å². The maximum Gasteiger partial charge on any atom is 0.0564 e. The second-order valence-electron chi connectivity index (χ2n) is 4.95. The zero-order chi connectivity index (χ0) is 14.0. The molecule has 18 heavy (non-hydrogen) atoms. The van der Waals surface area contributed by atoms with Crippen LogP contribution in [0, 0.1) is 0 Å². The van der Waals surface area contributed by atoms with Gasteiger partial charge in [-0.3, -0.25) is 9.80 Å². The maximum absolute atomic E-state index is 2.68. The molecule has 0 amide bonds. The predicted molar refractivity (Wildman–Crippen MR) is 91.0 cm³/mol. The molecule has 0 saturated carbocycles. The van der Waals surface area contributed by atoms with Gasteiger partial charge in [-0.25, -0.2) is 0 Å². The first-order valence-electron chi connectivity index (χ1n) is 7.74. The zero-order valence-corrected chi connectivity index (χ0v) is 16.3. The van der Waals surface area contributed by atoms with Crippen molar-refractivity contribution in [3.63, 3.8) is 0 Å². The smallest absolute Gasteiger partial charge is 0.0564 e. The van der Waals surface area contributed by atoms with Crippen LogP contribution in [0.15, 0.2) is 11.3 Å². The van der Waals surface area contributed by atoms with Gasteiger partial charge in [0, 0.05) is 15.3 Å². The van der Waals surface area contributed by atoms with Crippen molar-refractivity contribution in [2.45, 2.75) is 53.0 Å². The van der Waals surface area contributed by atoms with Gasteiger partial charge in [-0.2, -0.15) is 0 Å². The Morgan fingerprint density at radius 1 is 1.00 bits per heavy atom. The highest BCUT2D eigenvalue weighted by molar-refractivity contribution is 6.61. The Labute approximate surface area is 119 Å². The molecule has 0 aromatic heterocycles. The third-order valence-corrected chi connectivity index (χ3v) is 9.79. The van der Waals surface area contributed by atoms with Gasteiger partial charge in [0.2, 0.25) is 0 Å². The van der Waals surface area contributed by atoms with Crippen LogP contribution >= 0.6 is 0 Å². The highest BCUT2D eigenvalue weighted by atomic mass is 28.3. The standard InChI is InChI=1S/C14H34N2Si2/c1-7-13(6)17-12-18-14(15(8-2)9-3)16(10-4)11-5/h7,14H,8-12,17-18H2,1-6H3. The molecule has 0 aliphatic heterocycles. The lowest BCUT2D eigenvalue weighted by molar-refractivity contribution is 0.115. The minimum Gasteiger partial charge on any atom is -0.292 e. The Kier molecular flexibility index (Phi) is 11.0. The quantitative estimate of drug-likeness (QED) is 0.444. The molecule has 0 heterocycles. The van der Waals surface area contributed by atoms with Crippen molar-refractivity contribution in [3.8, 4) is 0 Å². The SMILES string of the molecule is CC=C(C)[SiH2]C[SiH2]C(N(CC)CC)N(CC)CC. The summed E-state index contributed by atoms with van der Waals surface area (Å²) in [6.07, 6.45) is 2.32. The molecule has 0 radical (unpaired) electrons. The minimum absolute atomic E-state index is 0.00708. The number of nitrogens with zero attached hydrogens (tertiary/aromatic N) is 2. The molecule has 0 spiro atoms. The maximum atomic E-state index is 2.68. The Morgan fingerprint density at radius 3 is 1.78 bits per heavy atom. The molecule has 2 nitrogen and oxygen atoms in total. The Balaban J connectivity index is 4.46. The number of hydrogen-bond donors (Lipinski definition) is 0. The summed E-state index contributed by atoms with van der Waals surface area (Å²) in [6.45, 7) is 18.6. The van der Waals surface area contributed by atoms with Gasteiger partial charge in [-0.05, 0) is 40.0 Å². The summed E-state index contributed by atoms with van der Waals surface area (Å²) in [5.74, 6) is 0.798. The number of hydrogen-bond acceptors (Lipinski definition) is 2. The van der Waals surface area contributed by atoms with E-state index in [9.17, 15) is 0 Å². The van der Waals surface area contributed by atoms with Crippen molar-refractivity contribution in [1.29, 1.82) is 0 Å². The van der Waals surface area contributed by atoms with Crippen molar-refractivity contribution >= 4 is 19.0 Å². The van der Waals surface area contributed by atoms with Crippen LogP contribution in [0.2, 0.25) is 5.67 Å². The number of allylic oxidation sites excluding steroid dienone is 2. The van der Waals surface area contributed by atoms with Crippen LogP contribution in [-0.4, -0.2) is 60.8 Å². The van der Waals surface area contributed by atoms with E-state index >= 15 is 0 Å². The monoisotopic (exact) mass is 286 g/mol. The second-order valence-corrected chi connectivity index (χ2v) is 10.7. The number of rotatable bonds is 10. The Bertz CT molecular complexity index is 212. The molecule has 0 aliphatic carbocycles. The molecule has 4 heteroatoms. The Morgan fingerprint density at radius 2 is 1.44 bits per heavy atom. The van der Waals surface area contributed by atoms with Crippen LogP contribution in [0.1, 0.15) is 41.5 Å². The van der Waals surface area contributed by atoms with Crippen LogP contribution < -0.4 is 0 Å². The summed E-state index contributed by atoms with van der Waals surface area (Å²) in [4.78, 5) is 5.36. The van der Waals surface area contributed by atoms with Gasteiger partial charge in [-0.15, -0.1) is 0 Å². The fraction of sp³-hybridized carbons (Fsp3) is 0.857. The fourth-order valence-corrected chi connectivity index (χ4v) is 9.15. The van der Waals surface area contributed by atoms with E-state index in [1.807, 2.05) is 0 Å². The average Bonchev–Trinajstić information content (AvgIpc) is 2.40. The molecule has 0 bridgehead atoms. The van der Waals surface area contributed by atoms with Crippen molar-refractivity contribution in [3.05, 3.63) is 11.3 Å². The molecule has 108 valence electrons. The molecular formula is C14H34N2Si2. The first-order chi connectivity index (χ1) is 8.64. The summed E-state index contributed by atoms with van der Waals surface area (Å²) >= 11 is 0. The van der Waals surface area contributed by atoms with Crippen LogP contribution in [0.3, 0.4) is 0 Å². The van der Waals surface area contributed by atoms with Gasteiger partial charge >= 0.3 is 0 Å². The van der Waals surface area contributed by atoms with Crippen molar-refractivity contribution in [1.82, 2.24) is 9.80 Å². The first kappa shape index (κ1) is 18.1. The van der Waals surface area contributed by atoms with Crippen molar-refractivity contribution in [2.75, 3.05) is 26.2 Å². The van der Waals surface area contributed by atoms with Crippen LogP contribution in [0.25, 0.3) is 0 Å². The van der Waals surface area contributed by atoms with E-state index in [0.29, 0.717) is 0 Å². The van der Waals surface area contributed by atoms with Gasteiger partial charge in [0.25, 0.3) is 0 Å². The molecule has 0 aliphatic rings. The lowest BCUT2D eigenvalue weighted by Gasteiger charge is -2.38. The minimum atomic E-state index is 0.00708. The van der Waals surface area contributed by atoms with Gasteiger partial charge in [-0.1, -0.05) is 44.6 Å². The van der Waals surface area contributed by atoms with E-state index in [1.54, 1.807) is 10.9 Å². The summed E-state index contributed by atoms with van der Waals surface area (Å²) in [5.41, 5.74) is 1.58. The largest absolute Gasteiger partial charge is 0.292 e. The van der Waals surface area contributed by atoms with E-state index in [4.69, 9.17) is 0 Å². The zero-order valence-electron chi connectivity index (χ0n) is 13.5. The van der Waals surface area contributed by atoms with E-state index in [-0.39, 0.29) is 19.0 Å². The third kappa shape index (κ3) is 6.32. The molecule has 0 aromatic carbocycles. The highest BCUT2D eigenvalue weighted by Crippen LogP contribution is 2.07. The summed E-state index contributed by atoms with van der Waals surface area (Å²) in [5, 5.41) is 1.69. The normalized spacial score (nSPS) is 14.4. The molecule has 0 atom stereocenters. The average molecular weight is 287 g/mol. The van der Waals surface area contributed by atoms with E-state index in [1.165, 1.54) is 26.2 Å². The lowest BCUT2D eigenvalue weighted by Crippen LogP contribution is -2.52. The van der Waals surface area contributed by atoms with E-state index < -0.39 is 0 Å². The van der Waals surface area contributed by atoms with Crippen LogP contribution in [0.4, 0.5) is 0 Å². The van der Waals surface area contributed by atoms with Gasteiger partial charge in [0.15, 0.2) is 0 Å². The summed E-state index contributed by atoms with van der Waals surface area (Å²) < 4.78 is 0. The fourth-order valence-electron chi connectivity index (χ4n) is 2.59. The lowest BCUT2D eigenvalue weighted by atomic mass is 10.5. The summed E-state index contributed by atoms with van der Waals surface area (Å²) in [7, 11) is 0.0749. The van der Waals surface area contributed by atoms with Gasteiger partial charge in [0.05, 0.1) is 9.52 Å². The third-order valence-electron chi connectivity index (χ3n) is 3.99. The Hall–Kier alpha value is 0.0938. The highest BCUT2D eigenvalue weighted by Gasteiger charge is 2.20. The van der Waals surface area contributed by atoms with Crippen molar-refractivity contribution in [2.24, 2.45) is 0 Å². The van der Waals surface area contributed by atoms with E-state index in [0.717, 1.165) is 5.79 Å². The topological polar surface area (TPSA) is 6.48 Å². The van der Waals surface area contributed by atoms with Gasteiger partial charge < -0.3 is 0 Å². The molecule has 0 rings (SSSR count). The first-order valence-corrected chi connectivity index (χ1v) is 11.3. The predicted octanol–water partition coefficient (Wildman–Crippen LogP) is 1.59. The molecule has 0 fully saturated rings. The molecule has 0 saturated heterocycles. The molecule has 0 aromatic rings. The molecule has 0 unspecified atom stereocenters. The van der Waals surface area contributed by atoms with E-state index in [2.05, 4.69) is 57.4 Å². The summed E-state index contributed by atoms with van der Waals surface area (Å²) in [6, 6.07) is 0. The van der Waals surface area contributed by atoms with Crippen molar-refractivity contribution < 1.29 is 0 Å². The molecular weight excluding hydrogens is 252 g/mol. The van der Waals surface area contributed by atoms with Crippen LogP contribution in [0.5, 0.6) is 0 Å². The second kappa shape index (κ2) is 11.0. The van der Waals surface area contributed by atoms with Gasteiger partial charge in [0.1, 0.15) is 0 Å². The molecule has 0 N–H and O–H groups in total.